The van der Waals surface area contributed by atoms with Gasteiger partial charge in [-0.2, -0.15) is 0 Å². The summed E-state index contributed by atoms with van der Waals surface area (Å²) in [6, 6.07) is 8.04. The van der Waals surface area contributed by atoms with Crippen molar-refractivity contribution in [2.24, 2.45) is 7.05 Å². The molecule has 1 heterocycles. The molecule has 102 valence electrons. The molecule has 2 rings (SSSR count). The molecule has 0 saturated carbocycles. The van der Waals surface area contributed by atoms with E-state index in [4.69, 9.17) is 9.84 Å². The highest BCUT2D eigenvalue weighted by atomic mass is 32.2. The van der Waals surface area contributed by atoms with E-state index in [0.29, 0.717) is 0 Å². The third kappa shape index (κ3) is 3.11. The average molecular weight is 278 g/mol. The molecule has 1 aromatic heterocycles. The summed E-state index contributed by atoms with van der Waals surface area (Å²) in [5, 5.41) is 10.3. The highest BCUT2D eigenvalue weighted by Crippen LogP contribution is 2.35. The molecule has 5 heteroatoms. The number of benzene rings is 1. The summed E-state index contributed by atoms with van der Waals surface area (Å²) in [6.07, 6.45) is 1.71. The fourth-order valence-electron chi connectivity index (χ4n) is 1.80. The summed E-state index contributed by atoms with van der Waals surface area (Å²) >= 11 is 1.66. The van der Waals surface area contributed by atoms with Crippen LogP contribution in [0, 0.1) is 0 Å². The van der Waals surface area contributed by atoms with Gasteiger partial charge >= 0.3 is 0 Å². The number of hydrogen-bond acceptors (Lipinski definition) is 4. The molecular weight excluding hydrogens is 260 g/mol. The standard InChI is InChI=1S/C14H18N2O2S/c1-10(11-5-4-6-13(7-11)18-3)19-14-15-8-12(9-17)16(14)2/h4-8,10,17H,9H2,1-3H3. The molecule has 19 heavy (non-hydrogen) atoms. The van der Waals surface area contributed by atoms with Crippen molar-refractivity contribution in [3.63, 3.8) is 0 Å². The van der Waals surface area contributed by atoms with Gasteiger partial charge in [0.1, 0.15) is 5.75 Å². The normalized spacial score (nSPS) is 12.4. The van der Waals surface area contributed by atoms with Gasteiger partial charge in [0.15, 0.2) is 5.16 Å². The lowest BCUT2D eigenvalue weighted by Gasteiger charge is -2.12. The molecule has 0 amide bonds. The van der Waals surface area contributed by atoms with Crippen molar-refractivity contribution < 1.29 is 9.84 Å². The Kier molecular flexibility index (Phi) is 4.50. The van der Waals surface area contributed by atoms with Crippen LogP contribution >= 0.6 is 11.8 Å². The molecule has 0 aliphatic rings. The van der Waals surface area contributed by atoms with Crippen LogP contribution in [0.4, 0.5) is 0 Å². The minimum absolute atomic E-state index is 0.0115. The first-order valence-electron chi connectivity index (χ1n) is 6.07. The summed E-state index contributed by atoms with van der Waals surface area (Å²) in [5.74, 6) is 0.862. The minimum Gasteiger partial charge on any atom is -0.497 e. The van der Waals surface area contributed by atoms with Gasteiger partial charge in [0.05, 0.1) is 25.6 Å². The fourth-order valence-corrected chi connectivity index (χ4v) is 2.79. The largest absolute Gasteiger partial charge is 0.497 e. The molecular formula is C14H18N2O2S. The molecule has 1 N–H and O–H groups in total. The van der Waals surface area contributed by atoms with Crippen LogP contribution in [0.3, 0.4) is 0 Å². The van der Waals surface area contributed by atoms with Crippen LogP contribution in [0.5, 0.6) is 5.75 Å². The maximum Gasteiger partial charge on any atom is 0.168 e. The number of ether oxygens (including phenoxy) is 1. The van der Waals surface area contributed by atoms with E-state index in [2.05, 4.69) is 18.0 Å². The topological polar surface area (TPSA) is 47.3 Å². The van der Waals surface area contributed by atoms with Gasteiger partial charge in [-0.25, -0.2) is 4.98 Å². The van der Waals surface area contributed by atoms with E-state index in [9.17, 15) is 0 Å². The average Bonchev–Trinajstić information content (AvgIpc) is 2.79. The molecule has 0 spiro atoms. The number of aliphatic hydroxyl groups is 1. The number of hydrogen-bond donors (Lipinski definition) is 1. The molecule has 2 aromatic rings. The first-order valence-corrected chi connectivity index (χ1v) is 6.95. The van der Waals surface area contributed by atoms with Gasteiger partial charge in [-0.1, -0.05) is 23.9 Å². The number of methoxy groups -OCH3 is 1. The van der Waals surface area contributed by atoms with Crippen molar-refractivity contribution in [1.29, 1.82) is 0 Å². The highest BCUT2D eigenvalue weighted by molar-refractivity contribution is 7.99. The molecule has 1 unspecified atom stereocenters. The van der Waals surface area contributed by atoms with E-state index < -0.39 is 0 Å². The maximum atomic E-state index is 9.16. The maximum absolute atomic E-state index is 9.16. The second-order valence-electron chi connectivity index (χ2n) is 4.29. The Morgan fingerprint density at radius 3 is 2.89 bits per heavy atom. The van der Waals surface area contributed by atoms with Gasteiger partial charge in [-0.05, 0) is 24.6 Å². The molecule has 0 bridgehead atoms. The highest BCUT2D eigenvalue weighted by Gasteiger charge is 2.13. The van der Waals surface area contributed by atoms with Crippen LogP contribution in [0.15, 0.2) is 35.6 Å². The SMILES string of the molecule is COc1cccc(C(C)Sc2ncc(CO)n2C)c1. The number of aromatic nitrogens is 2. The first-order chi connectivity index (χ1) is 9.15. The zero-order valence-corrected chi connectivity index (χ0v) is 12.1. The van der Waals surface area contributed by atoms with Gasteiger partial charge in [0.2, 0.25) is 0 Å². The van der Waals surface area contributed by atoms with Crippen LogP contribution < -0.4 is 4.74 Å². The van der Waals surface area contributed by atoms with E-state index in [1.807, 2.05) is 29.8 Å². The molecule has 0 radical (unpaired) electrons. The van der Waals surface area contributed by atoms with Crippen molar-refractivity contribution in [1.82, 2.24) is 9.55 Å². The summed E-state index contributed by atoms with van der Waals surface area (Å²) in [5.41, 5.74) is 2.01. The predicted octanol–water partition coefficient (Wildman–Crippen LogP) is 2.77. The zero-order chi connectivity index (χ0) is 13.8. The Morgan fingerprint density at radius 1 is 1.47 bits per heavy atom. The predicted molar refractivity (Wildman–Crippen MR) is 76.4 cm³/mol. The van der Waals surface area contributed by atoms with Gasteiger partial charge < -0.3 is 14.4 Å². The Morgan fingerprint density at radius 2 is 2.26 bits per heavy atom. The van der Waals surface area contributed by atoms with Crippen LogP contribution in [-0.2, 0) is 13.7 Å². The molecule has 0 saturated heterocycles. The van der Waals surface area contributed by atoms with Crippen molar-refractivity contribution in [2.75, 3.05) is 7.11 Å². The lowest BCUT2D eigenvalue weighted by Crippen LogP contribution is -1.99. The van der Waals surface area contributed by atoms with Crippen LogP contribution in [0.25, 0.3) is 0 Å². The second-order valence-corrected chi connectivity index (χ2v) is 5.59. The number of imidazole rings is 1. The van der Waals surface area contributed by atoms with E-state index in [0.717, 1.165) is 16.6 Å². The third-order valence-corrected chi connectivity index (χ3v) is 4.26. The van der Waals surface area contributed by atoms with Crippen LogP contribution in [0.1, 0.15) is 23.4 Å². The minimum atomic E-state index is 0.0115. The quantitative estimate of drug-likeness (QED) is 0.854. The van der Waals surface area contributed by atoms with Crippen LogP contribution in [-0.4, -0.2) is 21.8 Å². The lowest BCUT2D eigenvalue weighted by molar-refractivity contribution is 0.271. The third-order valence-electron chi connectivity index (χ3n) is 3.05. The van der Waals surface area contributed by atoms with Gasteiger partial charge in [-0.15, -0.1) is 0 Å². The smallest absolute Gasteiger partial charge is 0.168 e. The van der Waals surface area contributed by atoms with E-state index in [1.165, 1.54) is 5.56 Å². The molecule has 4 nitrogen and oxygen atoms in total. The Bertz CT molecular complexity index is 554. The van der Waals surface area contributed by atoms with Crippen molar-refractivity contribution >= 4 is 11.8 Å². The number of thioether (sulfide) groups is 1. The van der Waals surface area contributed by atoms with Gasteiger partial charge in [-0.3, -0.25) is 0 Å². The van der Waals surface area contributed by atoms with Crippen LogP contribution in [0.2, 0.25) is 0 Å². The first kappa shape index (κ1) is 14.0. The van der Waals surface area contributed by atoms with Crippen molar-refractivity contribution in [3.05, 3.63) is 41.7 Å². The second kappa shape index (κ2) is 6.12. The molecule has 1 atom stereocenters. The number of aliphatic hydroxyl groups excluding tert-OH is 1. The van der Waals surface area contributed by atoms with Crippen molar-refractivity contribution in [2.45, 2.75) is 23.9 Å². The molecule has 0 aliphatic heterocycles. The Labute approximate surface area is 117 Å². The number of nitrogens with zero attached hydrogens (tertiary/aromatic N) is 2. The fraction of sp³-hybridized carbons (Fsp3) is 0.357. The van der Waals surface area contributed by atoms with Gasteiger partial charge in [0.25, 0.3) is 0 Å². The summed E-state index contributed by atoms with van der Waals surface area (Å²) < 4.78 is 7.16. The van der Waals surface area contributed by atoms with Gasteiger partial charge in [0, 0.05) is 12.3 Å². The summed E-state index contributed by atoms with van der Waals surface area (Å²) in [4.78, 5) is 4.33. The van der Waals surface area contributed by atoms with E-state index in [1.54, 1.807) is 25.1 Å². The van der Waals surface area contributed by atoms with Crippen molar-refractivity contribution in [3.8, 4) is 5.75 Å². The van der Waals surface area contributed by atoms with E-state index >= 15 is 0 Å². The Balaban J connectivity index is 2.15. The Hall–Kier alpha value is -1.46. The summed E-state index contributed by atoms with van der Waals surface area (Å²) in [6.45, 7) is 2.14. The monoisotopic (exact) mass is 278 g/mol. The zero-order valence-electron chi connectivity index (χ0n) is 11.3. The number of rotatable bonds is 5. The summed E-state index contributed by atoms with van der Waals surface area (Å²) in [7, 11) is 3.59. The lowest BCUT2D eigenvalue weighted by atomic mass is 10.1. The molecule has 1 aromatic carbocycles. The molecule has 0 fully saturated rings. The molecule has 0 aliphatic carbocycles. The van der Waals surface area contributed by atoms with E-state index in [-0.39, 0.29) is 11.9 Å².